The van der Waals surface area contributed by atoms with Crippen molar-refractivity contribution < 1.29 is 4.79 Å². The molecule has 2 aromatic rings. The number of amides is 1. The summed E-state index contributed by atoms with van der Waals surface area (Å²) in [6.45, 7) is 0. The molecule has 0 radical (unpaired) electrons. The number of fused-ring (bicyclic) bond motifs is 1. The number of halogens is 1. The lowest BCUT2D eigenvalue weighted by molar-refractivity contribution is -0.113. The van der Waals surface area contributed by atoms with E-state index in [9.17, 15) is 4.79 Å². The number of H-pyrrole nitrogens is 1. The maximum atomic E-state index is 11.0. The highest BCUT2D eigenvalue weighted by Crippen LogP contribution is 2.15. The fourth-order valence-corrected chi connectivity index (χ4v) is 1.10. The summed E-state index contributed by atoms with van der Waals surface area (Å²) in [4.78, 5) is 18.8. The first-order valence-electron chi connectivity index (χ1n) is 3.81. The van der Waals surface area contributed by atoms with Gasteiger partial charge in [-0.25, -0.2) is 9.97 Å². The van der Waals surface area contributed by atoms with Gasteiger partial charge in [-0.15, -0.1) is 11.6 Å². The van der Waals surface area contributed by atoms with E-state index in [2.05, 4.69) is 25.5 Å². The van der Waals surface area contributed by atoms with E-state index in [0.717, 1.165) is 0 Å². The van der Waals surface area contributed by atoms with Crippen molar-refractivity contribution >= 4 is 34.4 Å². The van der Waals surface area contributed by atoms with Crippen molar-refractivity contribution in [3.8, 4) is 0 Å². The van der Waals surface area contributed by atoms with Crippen LogP contribution in [0.5, 0.6) is 0 Å². The molecule has 0 aliphatic rings. The molecule has 2 aromatic heterocycles. The minimum absolute atomic E-state index is 0.108. The van der Waals surface area contributed by atoms with Gasteiger partial charge in [0.25, 0.3) is 0 Å². The first kappa shape index (κ1) is 8.89. The van der Waals surface area contributed by atoms with Crippen LogP contribution in [0.2, 0.25) is 0 Å². The van der Waals surface area contributed by atoms with E-state index in [1.165, 1.54) is 6.33 Å². The zero-order valence-corrected chi connectivity index (χ0v) is 7.75. The van der Waals surface area contributed by atoms with Crippen molar-refractivity contribution in [3.63, 3.8) is 0 Å². The summed E-state index contributed by atoms with van der Waals surface area (Å²) in [5.41, 5.74) is 0.574. The second-order valence-electron chi connectivity index (χ2n) is 2.54. The molecule has 14 heavy (non-hydrogen) atoms. The molecule has 7 heteroatoms. The average molecular weight is 212 g/mol. The number of nitrogens with one attached hydrogen (secondary N) is 2. The van der Waals surface area contributed by atoms with Crippen molar-refractivity contribution in [2.24, 2.45) is 0 Å². The third-order valence-electron chi connectivity index (χ3n) is 1.63. The van der Waals surface area contributed by atoms with E-state index < -0.39 is 0 Å². The molecule has 2 N–H and O–H groups in total. The van der Waals surface area contributed by atoms with Gasteiger partial charge < -0.3 is 5.32 Å². The van der Waals surface area contributed by atoms with Gasteiger partial charge in [-0.05, 0) is 0 Å². The Labute approximate surface area is 83.7 Å². The van der Waals surface area contributed by atoms with Crippen LogP contribution in [0.1, 0.15) is 0 Å². The van der Waals surface area contributed by atoms with Crippen LogP contribution >= 0.6 is 11.6 Å². The van der Waals surface area contributed by atoms with E-state index in [-0.39, 0.29) is 11.8 Å². The van der Waals surface area contributed by atoms with E-state index in [4.69, 9.17) is 11.6 Å². The Morgan fingerprint density at radius 2 is 2.43 bits per heavy atom. The molecule has 72 valence electrons. The quantitative estimate of drug-likeness (QED) is 0.710. The van der Waals surface area contributed by atoms with Crippen molar-refractivity contribution in [2.45, 2.75) is 0 Å². The minimum atomic E-state index is -0.312. The summed E-state index contributed by atoms with van der Waals surface area (Å²) in [5, 5.41) is 9.65. The maximum Gasteiger partial charge on any atom is 0.240 e. The average Bonchev–Trinajstić information content (AvgIpc) is 2.66. The number of rotatable bonds is 2. The van der Waals surface area contributed by atoms with Gasteiger partial charge in [0.1, 0.15) is 18.0 Å². The number of carbonyl (C=O) groups excluding carboxylic acids is 1. The van der Waals surface area contributed by atoms with Crippen LogP contribution in [-0.4, -0.2) is 32.0 Å². The first-order valence-corrected chi connectivity index (χ1v) is 4.34. The van der Waals surface area contributed by atoms with Gasteiger partial charge in [-0.2, -0.15) is 5.10 Å². The number of aromatic amines is 1. The number of alkyl halides is 1. The third kappa shape index (κ3) is 1.51. The normalized spacial score (nSPS) is 10.4. The molecule has 0 aliphatic heterocycles. The second-order valence-corrected chi connectivity index (χ2v) is 2.80. The molecular weight excluding hydrogens is 206 g/mol. The molecular formula is C7H6ClN5O. The molecule has 0 fully saturated rings. The Morgan fingerprint density at radius 3 is 3.21 bits per heavy atom. The number of hydrogen-bond donors (Lipinski definition) is 2. The predicted molar refractivity (Wildman–Crippen MR) is 51.0 cm³/mol. The lowest BCUT2D eigenvalue weighted by Crippen LogP contribution is -2.13. The summed E-state index contributed by atoms with van der Waals surface area (Å²) < 4.78 is 0. The summed E-state index contributed by atoms with van der Waals surface area (Å²) in [6, 6.07) is 0. The van der Waals surface area contributed by atoms with Gasteiger partial charge in [0.15, 0.2) is 5.65 Å². The van der Waals surface area contributed by atoms with Gasteiger partial charge in [0, 0.05) is 0 Å². The molecule has 0 atom stereocenters. The molecule has 1 amide bonds. The Morgan fingerprint density at radius 1 is 1.57 bits per heavy atom. The minimum Gasteiger partial charge on any atom is -0.309 e. The van der Waals surface area contributed by atoms with E-state index in [1.807, 2.05) is 0 Å². The Bertz CT molecular complexity index is 468. The van der Waals surface area contributed by atoms with Crippen LogP contribution in [0.25, 0.3) is 11.0 Å². The lowest BCUT2D eigenvalue weighted by atomic mass is 10.4. The SMILES string of the molecule is O=C(CCl)Nc1ncnc2[nH]ncc12. The number of aromatic nitrogens is 4. The van der Waals surface area contributed by atoms with Crippen LogP contribution in [0.4, 0.5) is 5.82 Å². The Balaban J connectivity index is 2.41. The fraction of sp³-hybridized carbons (Fsp3) is 0.143. The molecule has 0 spiro atoms. The van der Waals surface area contributed by atoms with E-state index in [1.54, 1.807) is 6.20 Å². The maximum absolute atomic E-state index is 11.0. The topological polar surface area (TPSA) is 83.6 Å². The van der Waals surface area contributed by atoms with Gasteiger partial charge in [0.05, 0.1) is 11.6 Å². The number of carbonyl (C=O) groups is 1. The van der Waals surface area contributed by atoms with Crippen molar-refractivity contribution in [1.29, 1.82) is 0 Å². The van der Waals surface area contributed by atoms with Crippen molar-refractivity contribution in [2.75, 3.05) is 11.2 Å². The summed E-state index contributed by atoms with van der Waals surface area (Å²) in [7, 11) is 0. The Kier molecular flexibility index (Phi) is 2.28. The molecule has 0 saturated heterocycles. The summed E-state index contributed by atoms with van der Waals surface area (Å²) >= 11 is 5.35. The van der Waals surface area contributed by atoms with Crippen LogP contribution < -0.4 is 5.32 Å². The van der Waals surface area contributed by atoms with Crippen LogP contribution in [0, 0.1) is 0 Å². The molecule has 6 nitrogen and oxygen atoms in total. The highest BCUT2D eigenvalue weighted by molar-refractivity contribution is 6.29. The lowest BCUT2D eigenvalue weighted by Gasteiger charge is -2.01. The number of hydrogen-bond acceptors (Lipinski definition) is 4. The van der Waals surface area contributed by atoms with E-state index in [0.29, 0.717) is 16.9 Å². The van der Waals surface area contributed by atoms with Gasteiger partial charge >= 0.3 is 0 Å². The highest BCUT2D eigenvalue weighted by Gasteiger charge is 2.07. The molecule has 0 aliphatic carbocycles. The van der Waals surface area contributed by atoms with Gasteiger partial charge in [-0.3, -0.25) is 9.89 Å². The van der Waals surface area contributed by atoms with Gasteiger partial charge in [-0.1, -0.05) is 0 Å². The molecule has 0 aromatic carbocycles. The fourth-order valence-electron chi connectivity index (χ4n) is 1.03. The highest BCUT2D eigenvalue weighted by atomic mass is 35.5. The van der Waals surface area contributed by atoms with Crippen molar-refractivity contribution in [1.82, 2.24) is 20.2 Å². The number of nitrogens with zero attached hydrogens (tertiary/aromatic N) is 3. The number of anilines is 1. The summed E-state index contributed by atoms with van der Waals surface area (Å²) in [6.07, 6.45) is 2.88. The molecule has 0 saturated carbocycles. The van der Waals surface area contributed by atoms with Crippen LogP contribution in [-0.2, 0) is 4.79 Å². The first-order chi connectivity index (χ1) is 6.81. The van der Waals surface area contributed by atoms with Crippen LogP contribution in [0.15, 0.2) is 12.5 Å². The molecule has 0 unspecified atom stereocenters. The molecule has 2 rings (SSSR count). The third-order valence-corrected chi connectivity index (χ3v) is 1.87. The Hall–Kier alpha value is -1.69. The molecule has 2 heterocycles. The largest absolute Gasteiger partial charge is 0.309 e. The van der Waals surface area contributed by atoms with Crippen molar-refractivity contribution in [3.05, 3.63) is 12.5 Å². The zero-order chi connectivity index (χ0) is 9.97. The molecule has 0 bridgehead atoms. The van der Waals surface area contributed by atoms with Crippen LogP contribution in [0.3, 0.4) is 0 Å². The standard InChI is InChI=1S/C7H6ClN5O/c8-1-5(14)12-6-4-2-11-13-7(4)10-3-9-6/h2-3H,1H2,(H2,9,10,11,12,13,14). The van der Waals surface area contributed by atoms with Gasteiger partial charge in [0.2, 0.25) is 5.91 Å². The predicted octanol–water partition coefficient (Wildman–Crippen LogP) is 0.530. The summed E-state index contributed by atoms with van der Waals surface area (Å²) in [5.74, 6) is -0.00847. The second kappa shape index (κ2) is 3.59. The monoisotopic (exact) mass is 211 g/mol. The zero-order valence-electron chi connectivity index (χ0n) is 6.99. The smallest absolute Gasteiger partial charge is 0.240 e. The van der Waals surface area contributed by atoms with E-state index >= 15 is 0 Å².